The van der Waals surface area contributed by atoms with E-state index in [9.17, 15) is 9.59 Å². The second kappa shape index (κ2) is 4.86. The molecule has 0 bridgehead atoms. The molecule has 0 spiro atoms. The lowest BCUT2D eigenvalue weighted by Gasteiger charge is -2.14. The minimum Gasteiger partial charge on any atom is -0.476 e. The van der Waals surface area contributed by atoms with Crippen molar-refractivity contribution in [2.75, 3.05) is 5.73 Å². The van der Waals surface area contributed by atoms with E-state index >= 15 is 0 Å². The molecule has 17 heavy (non-hydrogen) atoms. The number of rotatable bonds is 4. The van der Waals surface area contributed by atoms with Crippen molar-refractivity contribution in [2.24, 2.45) is 0 Å². The third-order valence-corrected chi connectivity index (χ3v) is 2.17. The average Bonchev–Trinajstić information content (AvgIpc) is 2.58. The highest BCUT2D eigenvalue weighted by molar-refractivity contribution is 5.91. The summed E-state index contributed by atoms with van der Waals surface area (Å²) >= 11 is 0. The van der Waals surface area contributed by atoms with Crippen LogP contribution in [-0.2, 0) is 4.79 Å². The summed E-state index contributed by atoms with van der Waals surface area (Å²) in [6, 6.07) is -0.593. The summed E-state index contributed by atoms with van der Waals surface area (Å²) < 4.78 is 1.25. The Kier molecular flexibility index (Phi) is 3.72. The zero-order chi connectivity index (χ0) is 13.2. The van der Waals surface area contributed by atoms with Crippen LogP contribution in [0.15, 0.2) is 6.20 Å². The Labute approximate surface area is 98.6 Å². The van der Waals surface area contributed by atoms with E-state index in [1.165, 1.54) is 10.9 Å². The number of nitrogens with two attached hydrogens (primary N) is 1. The number of anilines is 1. The van der Waals surface area contributed by atoms with Gasteiger partial charge in [-0.05, 0) is 20.8 Å². The monoisotopic (exact) mass is 240 g/mol. The van der Waals surface area contributed by atoms with Crippen LogP contribution in [0.1, 0.15) is 37.3 Å². The maximum atomic E-state index is 11.7. The van der Waals surface area contributed by atoms with Crippen molar-refractivity contribution in [3.63, 3.8) is 0 Å². The van der Waals surface area contributed by atoms with Gasteiger partial charge in [0.2, 0.25) is 5.91 Å². The summed E-state index contributed by atoms with van der Waals surface area (Å²) in [5.74, 6) is -1.45. The summed E-state index contributed by atoms with van der Waals surface area (Å²) in [6.45, 7) is 5.30. The molecule has 1 heterocycles. The van der Waals surface area contributed by atoms with Crippen LogP contribution in [0.25, 0.3) is 0 Å². The number of carbonyl (C=O) groups excluding carboxylic acids is 1. The van der Waals surface area contributed by atoms with Crippen LogP contribution in [0.3, 0.4) is 0 Å². The van der Waals surface area contributed by atoms with Gasteiger partial charge in [0, 0.05) is 12.2 Å². The Morgan fingerprint density at radius 2 is 2.06 bits per heavy atom. The molecule has 7 heteroatoms. The van der Waals surface area contributed by atoms with Gasteiger partial charge in [-0.3, -0.25) is 9.48 Å². The summed E-state index contributed by atoms with van der Waals surface area (Å²) in [5.41, 5.74) is 5.29. The van der Waals surface area contributed by atoms with Gasteiger partial charge in [0.05, 0.1) is 5.69 Å². The van der Waals surface area contributed by atoms with Crippen molar-refractivity contribution in [2.45, 2.75) is 32.9 Å². The first-order valence-electron chi connectivity index (χ1n) is 5.21. The highest BCUT2D eigenvalue weighted by Gasteiger charge is 2.20. The van der Waals surface area contributed by atoms with E-state index in [1.807, 2.05) is 13.8 Å². The Bertz CT molecular complexity index is 439. The normalized spacial score (nSPS) is 12.5. The molecule has 0 aliphatic rings. The Hall–Kier alpha value is -2.05. The second-order valence-corrected chi connectivity index (χ2v) is 4.06. The van der Waals surface area contributed by atoms with Gasteiger partial charge < -0.3 is 16.2 Å². The number of carboxylic acids is 1. The maximum Gasteiger partial charge on any atom is 0.358 e. The molecule has 0 saturated heterocycles. The van der Waals surface area contributed by atoms with E-state index in [-0.39, 0.29) is 23.3 Å². The molecule has 94 valence electrons. The first-order chi connectivity index (χ1) is 7.82. The number of hydrogen-bond acceptors (Lipinski definition) is 4. The van der Waals surface area contributed by atoms with Gasteiger partial charge in [-0.25, -0.2) is 4.79 Å². The highest BCUT2D eigenvalue weighted by atomic mass is 16.4. The van der Waals surface area contributed by atoms with Crippen LogP contribution in [0.4, 0.5) is 5.69 Å². The number of nitrogen functional groups attached to an aromatic ring is 1. The van der Waals surface area contributed by atoms with Crippen molar-refractivity contribution < 1.29 is 14.7 Å². The van der Waals surface area contributed by atoms with Crippen LogP contribution >= 0.6 is 0 Å². The Balaban J connectivity index is 2.89. The average molecular weight is 240 g/mol. The molecule has 1 aromatic heterocycles. The topological polar surface area (TPSA) is 110 Å². The fourth-order valence-electron chi connectivity index (χ4n) is 1.30. The Morgan fingerprint density at radius 1 is 1.47 bits per heavy atom. The minimum absolute atomic E-state index is 0.0109. The lowest BCUT2D eigenvalue weighted by Crippen LogP contribution is -2.35. The van der Waals surface area contributed by atoms with Gasteiger partial charge in [-0.1, -0.05) is 0 Å². The van der Waals surface area contributed by atoms with Crippen LogP contribution in [0.2, 0.25) is 0 Å². The van der Waals surface area contributed by atoms with Crippen molar-refractivity contribution in [1.29, 1.82) is 0 Å². The first kappa shape index (κ1) is 13.0. The van der Waals surface area contributed by atoms with E-state index in [0.29, 0.717) is 0 Å². The predicted molar refractivity (Wildman–Crippen MR) is 61.6 cm³/mol. The van der Waals surface area contributed by atoms with E-state index in [4.69, 9.17) is 10.8 Å². The number of carbonyl (C=O) groups is 2. The molecule has 4 N–H and O–H groups in total. The molecule has 0 radical (unpaired) electrons. The summed E-state index contributed by atoms with van der Waals surface area (Å²) in [4.78, 5) is 22.4. The van der Waals surface area contributed by atoms with Crippen molar-refractivity contribution in [3.05, 3.63) is 11.9 Å². The number of aromatic nitrogens is 2. The fraction of sp³-hybridized carbons (Fsp3) is 0.500. The third kappa shape index (κ3) is 2.96. The van der Waals surface area contributed by atoms with Gasteiger partial charge in [0.15, 0.2) is 5.69 Å². The van der Waals surface area contributed by atoms with E-state index in [1.54, 1.807) is 6.92 Å². The number of aromatic carboxylic acids is 1. The predicted octanol–water partition coefficient (Wildman–Crippen LogP) is 0.249. The molecule has 0 saturated carbocycles. The molecule has 1 amide bonds. The summed E-state index contributed by atoms with van der Waals surface area (Å²) in [6.07, 6.45) is 1.34. The van der Waals surface area contributed by atoms with E-state index < -0.39 is 12.0 Å². The molecule has 1 atom stereocenters. The van der Waals surface area contributed by atoms with Crippen molar-refractivity contribution in [1.82, 2.24) is 15.1 Å². The van der Waals surface area contributed by atoms with Crippen LogP contribution in [0.5, 0.6) is 0 Å². The maximum absolute atomic E-state index is 11.7. The molecule has 1 rings (SSSR count). The number of hydrogen-bond donors (Lipinski definition) is 3. The molecular formula is C10H16N4O3. The minimum atomic E-state index is -1.21. The fourth-order valence-corrected chi connectivity index (χ4v) is 1.30. The number of nitrogens with zero attached hydrogens (tertiary/aromatic N) is 2. The van der Waals surface area contributed by atoms with Gasteiger partial charge >= 0.3 is 5.97 Å². The van der Waals surface area contributed by atoms with Gasteiger partial charge in [0.1, 0.15) is 6.04 Å². The molecule has 0 aliphatic carbocycles. The van der Waals surface area contributed by atoms with E-state index in [0.717, 1.165) is 0 Å². The zero-order valence-corrected chi connectivity index (χ0v) is 9.97. The third-order valence-electron chi connectivity index (χ3n) is 2.17. The van der Waals surface area contributed by atoms with Gasteiger partial charge in [-0.15, -0.1) is 0 Å². The first-order valence-corrected chi connectivity index (χ1v) is 5.21. The van der Waals surface area contributed by atoms with Gasteiger partial charge in [0.25, 0.3) is 0 Å². The Morgan fingerprint density at radius 3 is 2.47 bits per heavy atom. The SMILES string of the molecule is CC(C)NC(=O)C(C)n1cc(N)c(C(=O)O)n1. The lowest BCUT2D eigenvalue weighted by atomic mass is 10.3. The molecular weight excluding hydrogens is 224 g/mol. The molecule has 0 aliphatic heterocycles. The molecule has 0 fully saturated rings. The standard InChI is InChI=1S/C10H16N4O3/c1-5(2)12-9(15)6(3)14-4-7(11)8(13-14)10(16)17/h4-6H,11H2,1-3H3,(H,12,15)(H,16,17). The molecule has 7 nitrogen and oxygen atoms in total. The second-order valence-electron chi connectivity index (χ2n) is 4.06. The quantitative estimate of drug-likeness (QED) is 0.698. The lowest BCUT2D eigenvalue weighted by molar-refractivity contribution is -0.124. The summed E-state index contributed by atoms with van der Waals surface area (Å²) in [7, 11) is 0. The van der Waals surface area contributed by atoms with Crippen LogP contribution in [-0.4, -0.2) is 32.8 Å². The largest absolute Gasteiger partial charge is 0.476 e. The molecule has 0 aromatic carbocycles. The summed E-state index contributed by atoms with van der Waals surface area (Å²) in [5, 5.41) is 15.3. The van der Waals surface area contributed by atoms with Gasteiger partial charge in [-0.2, -0.15) is 5.10 Å². The van der Waals surface area contributed by atoms with Crippen molar-refractivity contribution in [3.8, 4) is 0 Å². The zero-order valence-electron chi connectivity index (χ0n) is 9.97. The smallest absolute Gasteiger partial charge is 0.358 e. The van der Waals surface area contributed by atoms with E-state index in [2.05, 4.69) is 10.4 Å². The number of carboxylic acid groups (broad SMARTS) is 1. The van der Waals surface area contributed by atoms with Crippen molar-refractivity contribution >= 4 is 17.6 Å². The van der Waals surface area contributed by atoms with Crippen LogP contribution < -0.4 is 11.1 Å². The number of amides is 1. The van der Waals surface area contributed by atoms with Crippen LogP contribution in [0, 0.1) is 0 Å². The molecule has 1 unspecified atom stereocenters. The number of nitrogens with one attached hydrogen (secondary N) is 1. The molecule has 1 aromatic rings. The highest BCUT2D eigenvalue weighted by Crippen LogP contribution is 2.13.